The second-order valence-corrected chi connectivity index (χ2v) is 7.67. The quantitative estimate of drug-likeness (QED) is 0.207. The molecule has 0 saturated heterocycles. The number of hydrogen-bond acceptors (Lipinski definition) is 5. The molecule has 0 aliphatic heterocycles. The van der Waals surface area contributed by atoms with E-state index in [0.29, 0.717) is 32.5 Å². The molecule has 9 heteroatoms. The number of nitrogens with zero attached hydrogens (tertiary/aromatic N) is 3. The van der Waals surface area contributed by atoms with E-state index in [1.807, 2.05) is 28.8 Å². The Labute approximate surface area is 180 Å². The lowest BCUT2D eigenvalue weighted by atomic mass is 10.2. The van der Waals surface area contributed by atoms with E-state index in [9.17, 15) is 14.5 Å². The maximum atomic E-state index is 14.2. The van der Waals surface area contributed by atoms with Crippen LogP contribution in [0.25, 0.3) is 16.7 Å². The monoisotopic (exact) mass is 443 g/mol. The molecule has 0 fully saturated rings. The lowest BCUT2D eigenvalue weighted by molar-refractivity contribution is -0.384. The molecule has 0 atom stereocenters. The fourth-order valence-corrected chi connectivity index (χ4v) is 4.48. The topological polar surface area (TPSA) is 70.2 Å². The van der Waals surface area contributed by atoms with Gasteiger partial charge in [-0.15, -0.1) is 0 Å². The smallest absolute Gasteiger partial charge is 0.271 e. The predicted octanol–water partition coefficient (Wildman–Crippen LogP) is 6.03. The van der Waals surface area contributed by atoms with E-state index in [-0.39, 0.29) is 11.4 Å². The van der Waals surface area contributed by atoms with Crippen LogP contribution in [-0.4, -0.2) is 21.6 Å². The van der Waals surface area contributed by atoms with Crippen molar-refractivity contribution in [2.24, 2.45) is 0 Å². The number of halogens is 2. The van der Waals surface area contributed by atoms with Crippen LogP contribution in [-0.2, 0) is 5.75 Å². The molecule has 30 heavy (non-hydrogen) atoms. The zero-order valence-electron chi connectivity index (χ0n) is 15.7. The lowest BCUT2D eigenvalue weighted by Crippen LogP contribution is -2.00. The minimum atomic E-state index is -0.465. The van der Waals surface area contributed by atoms with E-state index in [4.69, 9.17) is 16.3 Å². The highest BCUT2D eigenvalue weighted by atomic mass is 35.5. The molecule has 0 aliphatic carbocycles. The Morgan fingerprint density at radius 2 is 2.00 bits per heavy atom. The normalized spacial score (nSPS) is 11.0. The Balaban J connectivity index is 1.86. The molecular formula is C21H15ClFN3O3S. The van der Waals surface area contributed by atoms with Crippen molar-refractivity contribution in [3.8, 4) is 11.4 Å². The average molecular weight is 444 g/mol. The average Bonchev–Trinajstić information content (AvgIpc) is 3.10. The first-order chi connectivity index (χ1) is 14.5. The summed E-state index contributed by atoms with van der Waals surface area (Å²) in [6.07, 6.45) is 0. The number of nitro benzene ring substituents is 1. The lowest BCUT2D eigenvalue weighted by Gasteiger charge is -2.13. The van der Waals surface area contributed by atoms with Crippen LogP contribution in [0, 0.1) is 15.9 Å². The molecule has 0 saturated carbocycles. The number of nitro groups is 1. The summed E-state index contributed by atoms with van der Waals surface area (Å²) in [4.78, 5) is 15.3. The zero-order valence-corrected chi connectivity index (χ0v) is 17.3. The number of rotatable bonds is 6. The van der Waals surface area contributed by atoms with Gasteiger partial charge in [0.15, 0.2) is 5.16 Å². The van der Waals surface area contributed by atoms with Gasteiger partial charge in [-0.25, -0.2) is 9.37 Å². The van der Waals surface area contributed by atoms with Crippen molar-refractivity contribution in [2.45, 2.75) is 10.9 Å². The highest BCUT2D eigenvalue weighted by molar-refractivity contribution is 7.98. The first-order valence-corrected chi connectivity index (χ1v) is 10.2. The van der Waals surface area contributed by atoms with Crippen LogP contribution >= 0.6 is 23.4 Å². The Morgan fingerprint density at radius 3 is 2.73 bits per heavy atom. The molecule has 0 N–H and O–H groups in total. The van der Waals surface area contributed by atoms with Gasteiger partial charge in [-0.05, 0) is 30.3 Å². The molecule has 4 aromatic rings. The molecule has 4 rings (SSSR count). The van der Waals surface area contributed by atoms with E-state index in [0.717, 1.165) is 5.69 Å². The Hall–Kier alpha value is -3.10. The SMILES string of the molecule is COc1ccccc1-n1c(SCc2c(F)cccc2Cl)nc2cc([N+](=O)[O-])ccc21. The number of imidazole rings is 1. The van der Waals surface area contributed by atoms with Crippen LogP contribution in [0.1, 0.15) is 5.56 Å². The maximum absolute atomic E-state index is 14.2. The standard InChI is InChI=1S/C21H15ClFN3O3S/c1-29-20-8-3-2-7-19(20)25-18-10-9-13(26(27)28)11-17(18)24-21(25)30-12-14-15(22)5-4-6-16(14)23/h2-11H,12H2,1H3. The van der Waals surface area contributed by atoms with Gasteiger partial charge in [-0.1, -0.05) is 41.6 Å². The van der Waals surface area contributed by atoms with Crippen LogP contribution in [0.15, 0.2) is 65.8 Å². The third-order valence-corrected chi connectivity index (χ3v) is 5.87. The summed E-state index contributed by atoms with van der Waals surface area (Å²) in [6.45, 7) is 0. The molecule has 0 radical (unpaired) electrons. The number of methoxy groups -OCH3 is 1. The van der Waals surface area contributed by atoms with Gasteiger partial charge in [0.05, 0.1) is 28.8 Å². The molecule has 1 heterocycles. The third-order valence-electron chi connectivity index (χ3n) is 4.55. The minimum absolute atomic E-state index is 0.0547. The van der Waals surface area contributed by atoms with Gasteiger partial charge in [0.25, 0.3) is 5.69 Å². The number of thioether (sulfide) groups is 1. The molecule has 0 unspecified atom stereocenters. The molecule has 6 nitrogen and oxygen atoms in total. The third kappa shape index (κ3) is 3.71. The first-order valence-electron chi connectivity index (χ1n) is 8.85. The fraction of sp³-hybridized carbons (Fsp3) is 0.0952. The number of aromatic nitrogens is 2. The molecule has 152 valence electrons. The number of benzene rings is 3. The summed E-state index contributed by atoms with van der Waals surface area (Å²) in [6, 6.07) is 16.4. The minimum Gasteiger partial charge on any atom is -0.495 e. The number of hydrogen-bond donors (Lipinski definition) is 0. The van der Waals surface area contributed by atoms with Crippen molar-refractivity contribution in [3.05, 3.63) is 87.2 Å². The molecule has 0 bridgehead atoms. The Bertz CT molecular complexity index is 1240. The van der Waals surface area contributed by atoms with E-state index in [1.54, 1.807) is 25.3 Å². The van der Waals surface area contributed by atoms with Crippen LogP contribution in [0.5, 0.6) is 5.75 Å². The largest absolute Gasteiger partial charge is 0.495 e. The summed E-state index contributed by atoms with van der Waals surface area (Å²) < 4.78 is 21.6. The molecular weight excluding hydrogens is 429 g/mol. The number of ether oxygens (including phenoxy) is 1. The second-order valence-electron chi connectivity index (χ2n) is 6.32. The highest BCUT2D eigenvalue weighted by Gasteiger charge is 2.19. The number of para-hydroxylation sites is 2. The van der Waals surface area contributed by atoms with Crippen LogP contribution in [0.2, 0.25) is 5.02 Å². The van der Waals surface area contributed by atoms with Gasteiger partial charge >= 0.3 is 0 Å². The Kier molecular flexibility index (Phi) is 5.61. The molecule has 1 aromatic heterocycles. The van der Waals surface area contributed by atoms with E-state index >= 15 is 0 Å². The van der Waals surface area contributed by atoms with Gasteiger partial charge in [0.1, 0.15) is 11.6 Å². The number of fused-ring (bicyclic) bond motifs is 1. The van der Waals surface area contributed by atoms with Crippen molar-refractivity contribution in [2.75, 3.05) is 7.11 Å². The summed E-state index contributed by atoms with van der Waals surface area (Å²) in [5.41, 5.74) is 2.16. The van der Waals surface area contributed by atoms with Crippen molar-refractivity contribution >= 4 is 40.1 Å². The van der Waals surface area contributed by atoms with Crippen LogP contribution in [0.4, 0.5) is 10.1 Å². The molecule has 3 aromatic carbocycles. The summed E-state index contributed by atoms with van der Waals surface area (Å²) in [5.74, 6) is 0.457. The van der Waals surface area contributed by atoms with Crippen molar-refractivity contribution in [3.63, 3.8) is 0 Å². The predicted molar refractivity (Wildman–Crippen MR) is 115 cm³/mol. The van der Waals surface area contributed by atoms with Gasteiger partial charge in [-0.3, -0.25) is 14.7 Å². The number of non-ortho nitro benzene ring substituents is 1. The fourth-order valence-electron chi connectivity index (χ4n) is 3.11. The van der Waals surface area contributed by atoms with E-state index < -0.39 is 10.7 Å². The van der Waals surface area contributed by atoms with Crippen molar-refractivity contribution in [1.29, 1.82) is 0 Å². The zero-order chi connectivity index (χ0) is 21.3. The first kappa shape index (κ1) is 20.2. The van der Waals surface area contributed by atoms with Crippen molar-refractivity contribution < 1.29 is 14.1 Å². The van der Waals surface area contributed by atoms with Gasteiger partial charge in [0, 0.05) is 28.5 Å². The van der Waals surface area contributed by atoms with Crippen LogP contribution < -0.4 is 4.74 Å². The van der Waals surface area contributed by atoms with Gasteiger partial charge in [-0.2, -0.15) is 0 Å². The summed E-state index contributed by atoms with van der Waals surface area (Å²) >= 11 is 7.44. The van der Waals surface area contributed by atoms with Crippen LogP contribution in [0.3, 0.4) is 0 Å². The maximum Gasteiger partial charge on any atom is 0.271 e. The Morgan fingerprint density at radius 1 is 1.20 bits per heavy atom. The second kappa shape index (κ2) is 8.33. The van der Waals surface area contributed by atoms with E-state index in [1.165, 1.54) is 30.0 Å². The molecule has 0 spiro atoms. The van der Waals surface area contributed by atoms with E-state index in [2.05, 4.69) is 4.98 Å². The summed E-state index contributed by atoms with van der Waals surface area (Å²) in [5, 5.41) is 12.0. The summed E-state index contributed by atoms with van der Waals surface area (Å²) in [7, 11) is 1.56. The van der Waals surface area contributed by atoms with Crippen molar-refractivity contribution in [1.82, 2.24) is 9.55 Å². The molecule has 0 amide bonds. The van der Waals surface area contributed by atoms with Gasteiger partial charge in [0.2, 0.25) is 0 Å². The van der Waals surface area contributed by atoms with Gasteiger partial charge < -0.3 is 4.74 Å². The molecule has 0 aliphatic rings. The highest BCUT2D eigenvalue weighted by Crippen LogP contribution is 2.36.